The molecule has 2 rings (SSSR count). The van der Waals surface area contributed by atoms with Crippen LogP contribution in [0.4, 0.5) is 10.1 Å². The summed E-state index contributed by atoms with van der Waals surface area (Å²) in [4.78, 5) is 27.3. The van der Waals surface area contributed by atoms with E-state index in [1.807, 2.05) is 19.1 Å². The van der Waals surface area contributed by atoms with Crippen LogP contribution in [-0.4, -0.2) is 50.5 Å². The molecular formula is C22H26BrClFN3O4S. The van der Waals surface area contributed by atoms with Gasteiger partial charge in [-0.3, -0.25) is 13.9 Å². The Hall–Kier alpha value is -2.17. The Morgan fingerprint density at radius 2 is 1.91 bits per heavy atom. The molecule has 0 aliphatic carbocycles. The van der Waals surface area contributed by atoms with Gasteiger partial charge in [0.05, 0.1) is 17.0 Å². The first kappa shape index (κ1) is 27.1. The van der Waals surface area contributed by atoms with Crippen LogP contribution >= 0.6 is 27.5 Å². The van der Waals surface area contributed by atoms with E-state index in [0.717, 1.165) is 39.2 Å². The fourth-order valence-corrected chi connectivity index (χ4v) is 4.53. The summed E-state index contributed by atoms with van der Waals surface area (Å²) in [5, 5.41) is 2.49. The van der Waals surface area contributed by atoms with Crippen LogP contribution in [0.25, 0.3) is 0 Å². The lowest BCUT2D eigenvalue weighted by atomic mass is 10.1. The van der Waals surface area contributed by atoms with Crippen LogP contribution in [0.5, 0.6) is 0 Å². The van der Waals surface area contributed by atoms with Gasteiger partial charge in [-0.05, 0) is 49.2 Å². The summed E-state index contributed by atoms with van der Waals surface area (Å²) in [6.07, 6.45) is 1.67. The molecule has 2 amide bonds. The van der Waals surface area contributed by atoms with Crippen molar-refractivity contribution in [3.8, 4) is 0 Å². The lowest BCUT2D eigenvalue weighted by Gasteiger charge is -2.31. The summed E-state index contributed by atoms with van der Waals surface area (Å²) < 4.78 is 40.2. The van der Waals surface area contributed by atoms with Crippen molar-refractivity contribution in [3.05, 3.63) is 63.3 Å². The number of benzene rings is 2. The average Bonchev–Trinajstić information content (AvgIpc) is 2.74. The number of halogens is 3. The van der Waals surface area contributed by atoms with Crippen LogP contribution in [0.3, 0.4) is 0 Å². The Morgan fingerprint density at radius 1 is 1.21 bits per heavy atom. The molecule has 11 heteroatoms. The smallest absolute Gasteiger partial charge is 0.244 e. The zero-order valence-electron chi connectivity index (χ0n) is 18.5. The second-order valence-corrected chi connectivity index (χ2v) is 10.7. The summed E-state index contributed by atoms with van der Waals surface area (Å²) in [7, 11) is -3.92. The molecular weight excluding hydrogens is 537 g/mol. The van der Waals surface area contributed by atoms with E-state index in [0.29, 0.717) is 6.54 Å². The summed E-state index contributed by atoms with van der Waals surface area (Å²) in [6, 6.07) is 9.78. The second kappa shape index (κ2) is 11.8. The third kappa shape index (κ3) is 7.68. The molecule has 2 aromatic rings. The number of hydrogen-bond donors (Lipinski definition) is 1. The molecule has 0 bridgehead atoms. The standard InChI is InChI=1S/C22H26BrClFN3O4S/c1-4-10-26-22(30)15(2)27(13-16-6-5-7-17(23)11-16)21(29)14-28(33(3,31)32)18-8-9-20(25)19(24)12-18/h5-9,11-12,15H,4,10,13-14H2,1-3H3,(H,26,30). The molecule has 1 unspecified atom stereocenters. The molecule has 180 valence electrons. The summed E-state index contributed by atoms with van der Waals surface area (Å²) >= 11 is 9.21. The van der Waals surface area contributed by atoms with Crippen LogP contribution in [-0.2, 0) is 26.2 Å². The van der Waals surface area contributed by atoms with Crippen molar-refractivity contribution in [1.82, 2.24) is 10.2 Å². The van der Waals surface area contributed by atoms with Gasteiger partial charge in [0.25, 0.3) is 0 Å². The summed E-state index contributed by atoms with van der Waals surface area (Å²) in [5.74, 6) is -1.66. The highest BCUT2D eigenvalue weighted by Crippen LogP contribution is 2.25. The monoisotopic (exact) mass is 561 g/mol. The van der Waals surface area contributed by atoms with Gasteiger partial charge in [-0.15, -0.1) is 0 Å². The Kier molecular flexibility index (Phi) is 9.69. The quantitative estimate of drug-likeness (QED) is 0.475. The number of rotatable bonds is 10. The number of sulfonamides is 1. The van der Waals surface area contributed by atoms with Gasteiger partial charge in [-0.2, -0.15) is 0 Å². The Bertz CT molecular complexity index is 1120. The number of hydrogen-bond acceptors (Lipinski definition) is 4. The maximum absolute atomic E-state index is 13.6. The maximum Gasteiger partial charge on any atom is 0.244 e. The zero-order valence-corrected chi connectivity index (χ0v) is 21.7. The number of amides is 2. The minimum absolute atomic E-state index is 0.0442. The van der Waals surface area contributed by atoms with Crippen LogP contribution < -0.4 is 9.62 Å². The predicted octanol–water partition coefficient (Wildman–Crippen LogP) is 3.95. The highest BCUT2D eigenvalue weighted by atomic mass is 79.9. The van der Waals surface area contributed by atoms with Crippen LogP contribution in [0.2, 0.25) is 5.02 Å². The first-order valence-electron chi connectivity index (χ1n) is 10.2. The van der Waals surface area contributed by atoms with Crippen LogP contribution in [0, 0.1) is 5.82 Å². The Morgan fingerprint density at radius 3 is 2.48 bits per heavy atom. The van der Waals surface area contributed by atoms with Crippen molar-refractivity contribution in [2.24, 2.45) is 0 Å². The molecule has 0 aliphatic rings. The molecule has 1 N–H and O–H groups in total. The predicted molar refractivity (Wildman–Crippen MR) is 131 cm³/mol. The molecule has 0 aromatic heterocycles. The molecule has 2 aromatic carbocycles. The molecule has 0 fully saturated rings. The van der Waals surface area contributed by atoms with E-state index < -0.39 is 34.3 Å². The van der Waals surface area contributed by atoms with Gasteiger partial charge in [-0.25, -0.2) is 12.8 Å². The van der Waals surface area contributed by atoms with Gasteiger partial charge in [0.1, 0.15) is 18.4 Å². The van der Waals surface area contributed by atoms with Crippen molar-refractivity contribution >= 4 is 55.1 Å². The molecule has 0 aliphatic heterocycles. The first-order valence-corrected chi connectivity index (χ1v) is 13.2. The zero-order chi connectivity index (χ0) is 24.8. The highest BCUT2D eigenvalue weighted by Gasteiger charge is 2.30. The van der Waals surface area contributed by atoms with Crippen LogP contribution in [0.15, 0.2) is 46.9 Å². The minimum Gasteiger partial charge on any atom is -0.354 e. The maximum atomic E-state index is 13.6. The van der Waals surface area contributed by atoms with Crippen molar-refractivity contribution in [1.29, 1.82) is 0 Å². The van der Waals surface area contributed by atoms with Gasteiger partial charge in [-0.1, -0.05) is 46.6 Å². The Labute approximate surface area is 207 Å². The van der Waals surface area contributed by atoms with E-state index >= 15 is 0 Å². The lowest BCUT2D eigenvalue weighted by molar-refractivity contribution is -0.139. The Balaban J connectivity index is 2.39. The molecule has 0 saturated heterocycles. The van der Waals surface area contributed by atoms with Crippen molar-refractivity contribution in [2.75, 3.05) is 23.7 Å². The molecule has 0 radical (unpaired) electrons. The number of nitrogens with zero attached hydrogens (tertiary/aromatic N) is 2. The van der Waals surface area contributed by atoms with Gasteiger partial charge in [0, 0.05) is 17.6 Å². The molecule has 0 saturated carbocycles. The van der Waals surface area contributed by atoms with E-state index in [9.17, 15) is 22.4 Å². The topological polar surface area (TPSA) is 86.8 Å². The third-order valence-corrected chi connectivity index (χ3v) is 6.75. The van der Waals surface area contributed by atoms with E-state index in [1.54, 1.807) is 19.1 Å². The SMILES string of the molecule is CCCNC(=O)C(C)N(Cc1cccc(Br)c1)C(=O)CN(c1ccc(F)c(Cl)c1)S(C)(=O)=O. The lowest BCUT2D eigenvalue weighted by Crippen LogP contribution is -2.51. The summed E-state index contributed by atoms with van der Waals surface area (Å²) in [6.45, 7) is 3.44. The molecule has 1 atom stereocenters. The van der Waals surface area contributed by atoms with E-state index in [1.165, 1.54) is 11.0 Å². The molecule has 33 heavy (non-hydrogen) atoms. The second-order valence-electron chi connectivity index (χ2n) is 7.49. The van der Waals surface area contributed by atoms with E-state index in [-0.39, 0.29) is 23.2 Å². The number of nitrogens with one attached hydrogen (secondary N) is 1. The molecule has 0 heterocycles. The van der Waals surface area contributed by atoms with Gasteiger partial charge < -0.3 is 10.2 Å². The molecule has 0 spiro atoms. The fourth-order valence-electron chi connectivity index (χ4n) is 3.06. The molecule has 7 nitrogen and oxygen atoms in total. The largest absolute Gasteiger partial charge is 0.354 e. The van der Waals surface area contributed by atoms with E-state index in [2.05, 4.69) is 21.2 Å². The van der Waals surface area contributed by atoms with Gasteiger partial charge in [0.15, 0.2) is 0 Å². The number of anilines is 1. The van der Waals surface area contributed by atoms with Crippen molar-refractivity contribution in [3.63, 3.8) is 0 Å². The third-order valence-electron chi connectivity index (χ3n) is 4.83. The highest BCUT2D eigenvalue weighted by molar-refractivity contribution is 9.10. The van der Waals surface area contributed by atoms with Crippen LogP contribution in [0.1, 0.15) is 25.8 Å². The van der Waals surface area contributed by atoms with Gasteiger partial charge in [0.2, 0.25) is 21.8 Å². The fraction of sp³-hybridized carbons (Fsp3) is 0.364. The van der Waals surface area contributed by atoms with Crippen molar-refractivity contribution in [2.45, 2.75) is 32.9 Å². The van der Waals surface area contributed by atoms with Gasteiger partial charge >= 0.3 is 0 Å². The van der Waals surface area contributed by atoms with Crippen molar-refractivity contribution < 1.29 is 22.4 Å². The first-order chi connectivity index (χ1) is 15.4. The normalized spacial score (nSPS) is 12.2. The average molecular weight is 563 g/mol. The van der Waals surface area contributed by atoms with E-state index in [4.69, 9.17) is 11.6 Å². The number of carbonyl (C=O) groups is 2. The minimum atomic E-state index is -3.92. The number of carbonyl (C=O) groups excluding carboxylic acids is 2. The summed E-state index contributed by atoms with van der Waals surface area (Å²) in [5.41, 5.74) is 0.798.